The predicted molar refractivity (Wildman–Crippen MR) is 137 cm³/mol. The number of benzene rings is 2. The molecule has 2 aliphatic heterocycles. The van der Waals surface area contributed by atoms with Gasteiger partial charge in [0.2, 0.25) is 5.82 Å². The molecule has 6 rings (SSSR count). The van der Waals surface area contributed by atoms with Gasteiger partial charge in [0.15, 0.2) is 5.82 Å². The minimum absolute atomic E-state index is 0.00234. The third-order valence-electron chi connectivity index (χ3n) is 7.34. The molecule has 10 nitrogen and oxygen atoms in total. The Morgan fingerprint density at radius 2 is 1.77 bits per heavy atom. The van der Waals surface area contributed by atoms with Gasteiger partial charge in [-0.2, -0.15) is 31.4 Å². The fraction of sp³-hybridized carbons (Fsp3) is 0.296. The average molecular weight is 605 g/mol. The van der Waals surface area contributed by atoms with Crippen LogP contribution < -0.4 is 15.2 Å². The van der Waals surface area contributed by atoms with Gasteiger partial charge in [0.1, 0.15) is 17.9 Å². The first-order valence-electron chi connectivity index (χ1n) is 12.9. The Kier molecular flexibility index (Phi) is 6.85. The number of anilines is 1. The van der Waals surface area contributed by atoms with Crippen molar-refractivity contribution in [3.8, 4) is 5.75 Å². The highest BCUT2D eigenvalue weighted by molar-refractivity contribution is 5.94. The van der Waals surface area contributed by atoms with Gasteiger partial charge in [-0.3, -0.25) is 9.59 Å². The number of H-pyrrole nitrogens is 1. The van der Waals surface area contributed by atoms with E-state index in [0.717, 1.165) is 16.3 Å². The summed E-state index contributed by atoms with van der Waals surface area (Å²) in [5, 5.41) is 12.2. The summed E-state index contributed by atoms with van der Waals surface area (Å²) in [5.74, 6) is -1.34. The van der Waals surface area contributed by atoms with Crippen molar-refractivity contribution < 1.29 is 35.9 Å². The molecule has 2 aromatic carbocycles. The number of rotatable bonds is 5. The Morgan fingerprint density at radius 3 is 2.53 bits per heavy atom. The summed E-state index contributed by atoms with van der Waals surface area (Å²) in [6, 6.07) is 12.4. The van der Waals surface area contributed by atoms with E-state index < -0.39 is 46.9 Å². The number of ether oxygens (including phenoxy) is 1. The second-order valence-electron chi connectivity index (χ2n) is 9.95. The van der Waals surface area contributed by atoms with Crippen molar-refractivity contribution in [1.82, 2.24) is 29.9 Å². The van der Waals surface area contributed by atoms with E-state index in [1.807, 2.05) is 5.10 Å². The maximum atomic E-state index is 13.9. The van der Waals surface area contributed by atoms with Gasteiger partial charge in [-0.15, -0.1) is 10.2 Å². The van der Waals surface area contributed by atoms with E-state index in [1.165, 1.54) is 21.9 Å². The molecule has 1 atom stereocenters. The average Bonchev–Trinajstić information content (AvgIpc) is 3.56. The maximum Gasteiger partial charge on any atom is 0.451 e. The summed E-state index contributed by atoms with van der Waals surface area (Å²) < 4.78 is 88.0. The normalized spacial score (nSPS) is 16.7. The Bertz CT molecular complexity index is 1750. The molecule has 0 saturated heterocycles. The van der Waals surface area contributed by atoms with Gasteiger partial charge in [0.25, 0.3) is 11.5 Å². The Morgan fingerprint density at radius 1 is 0.977 bits per heavy atom. The smallest absolute Gasteiger partial charge is 0.451 e. The second-order valence-corrected chi connectivity index (χ2v) is 9.95. The summed E-state index contributed by atoms with van der Waals surface area (Å²) in [5.41, 5.74) is -1.47. The molecule has 2 aromatic heterocycles. The van der Waals surface area contributed by atoms with Crippen molar-refractivity contribution in [3.05, 3.63) is 99.0 Å². The Hall–Kier alpha value is -4.89. The van der Waals surface area contributed by atoms with Crippen molar-refractivity contribution in [2.45, 2.75) is 38.0 Å². The molecular weight excluding hydrogens is 584 g/mol. The SMILES string of the molecule is O=C(c1cccc(OCC2c3ccccc3CN2c2cn[nH]c(=O)c2C(F)(F)F)c1)N1CCn2c(nnc2C(F)(F)F)C1. The van der Waals surface area contributed by atoms with E-state index in [4.69, 9.17) is 4.74 Å². The molecule has 224 valence electrons. The third-order valence-corrected chi connectivity index (χ3v) is 7.34. The van der Waals surface area contributed by atoms with Crippen LogP contribution in [0.1, 0.15) is 44.7 Å². The zero-order valence-corrected chi connectivity index (χ0v) is 22.0. The predicted octanol–water partition coefficient (Wildman–Crippen LogP) is 4.20. The van der Waals surface area contributed by atoms with Gasteiger partial charge < -0.3 is 19.1 Å². The lowest BCUT2D eigenvalue weighted by atomic mass is 10.1. The van der Waals surface area contributed by atoms with Crippen LogP contribution >= 0.6 is 0 Å². The van der Waals surface area contributed by atoms with Gasteiger partial charge in [-0.05, 0) is 29.3 Å². The molecule has 16 heteroatoms. The molecule has 0 spiro atoms. The molecule has 0 saturated carbocycles. The molecular formula is C27H21F6N7O3. The molecule has 1 N–H and O–H groups in total. The number of fused-ring (bicyclic) bond motifs is 2. The summed E-state index contributed by atoms with van der Waals surface area (Å²) in [4.78, 5) is 28.1. The topological polar surface area (TPSA) is 109 Å². The van der Waals surface area contributed by atoms with E-state index >= 15 is 0 Å². The summed E-state index contributed by atoms with van der Waals surface area (Å²) in [6.07, 6.45) is -8.64. The van der Waals surface area contributed by atoms with Gasteiger partial charge in [-0.25, -0.2) is 5.10 Å². The quantitative estimate of drug-likeness (QED) is 0.340. The highest BCUT2D eigenvalue weighted by Gasteiger charge is 2.42. The van der Waals surface area contributed by atoms with Gasteiger partial charge in [0.05, 0.1) is 24.5 Å². The van der Waals surface area contributed by atoms with Crippen molar-refractivity contribution in [2.75, 3.05) is 18.1 Å². The lowest BCUT2D eigenvalue weighted by Gasteiger charge is -2.29. The summed E-state index contributed by atoms with van der Waals surface area (Å²) >= 11 is 0. The fourth-order valence-electron chi connectivity index (χ4n) is 5.40. The first-order chi connectivity index (χ1) is 20.4. The van der Waals surface area contributed by atoms with Crippen LogP contribution in [0.5, 0.6) is 5.75 Å². The second kappa shape index (κ2) is 10.4. The van der Waals surface area contributed by atoms with E-state index in [9.17, 15) is 35.9 Å². The number of halogens is 6. The van der Waals surface area contributed by atoms with E-state index in [0.29, 0.717) is 5.56 Å². The van der Waals surface area contributed by atoms with Crippen molar-refractivity contribution in [1.29, 1.82) is 0 Å². The molecule has 2 aliphatic rings. The number of hydrogen-bond donors (Lipinski definition) is 1. The fourth-order valence-corrected chi connectivity index (χ4v) is 5.40. The molecule has 1 unspecified atom stereocenters. The molecule has 43 heavy (non-hydrogen) atoms. The number of hydrogen-bond acceptors (Lipinski definition) is 7. The van der Waals surface area contributed by atoms with Crippen molar-refractivity contribution in [3.63, 3.8) is 0 Å². The van der Waals surface area contributed by atoms with Crippen LogP contribution in [0.3, 0.4) is 0 Å². The number of amides is 1. The van der Waals surface area contributed by atoms with Gasteiger partial charge in [0, 0.05) is 25.2 Å². The summed E-state index contributed by atoms with van der Waals surface area (Å²) in [6.45, 7) is -0.365. The van der Waals surface area contributed by atoms with Crippen LogP contribution in [0.25, 0.3) is 0 Å². The van der Waals surface area contributed by atoms with Crippen LogP contribution in [-0.4, -0.2) is 48.9 Å². The Balaban J connectivity index is 1.22. The van der Waals surface area contributed by atoms with Crippen LogP contribution in [0.15, 0.2) is 59.5 Å². The van der Waals surface area contributed by atoms with Crippen LogP contribution in [0, 0.1) is 0 Å². The van der Waals surface area contributed by atoms with Crippen molar-refractivity contribution >= 4 is 11.6 Å². The van der Waals surface area contributed by atoms with Crippen LogP contribution in [0.4, 0.5) is 32.0 Å². The number of alkyl halides is 6. The zero-order valence-electron chi connectivity index (χ0n) is 22.0. The Labute approximate surface area is 238 Å². The van der Waals surface area contributed by atoms with Crippen LogP contribution in [-0.2, 0) is 32.0 Å². The van der Waals surface area contributed by atoms with Crippen LogP contribution in [0.2, 0.25) is 0 Å². The largest absolute Gasteiger partial charge is 0.491 e. The molecule has 0 bridgehead atoms. The molecule has 4 heterocycles. The highest BCUT2D eigenvalue weighted by Crippen LogP contribution is 2.42. The first kappa shape index (κ1) is 28.2. The first-order valence-corrected chi connectivity index (χ1v) is 12.9. The lowest BCUT2D eigenvalue weighted by molar-refractivity contribution is -0.148. The van der Waals surface area contributed by atoms with Crippen molar-refractivity contribution in [2.24, 2.45) is 0 Å². The van der Waals surface area contributed by atoms with Gasteiger partial charge in [-0.1, -0.05) is 30.3 Å². The molecule has 1 amide bonds. The molecule has 4 aromatic rings. The molecule has 0 radical (unpaired) electrons. The third kappa shape index (κ3) is 5.28. The number of aromatic nitrogens is 5. The molecule has 0 aliphatic carbocycles. The maximum absolute atomic E-state index is 13.9. The standard InChI is InChI=1S/C27H21F6N7O3/c28-26(29,30)22-19(11-34-36-23(22)41)40-12-16-4-1-2-7-18(16)20(40)14-43-17-6-3-5-15(10-17)24(42)38-8-9-39-21(13-38)35-37-25(39)27(31,32)33/h1-7,10-11,20H,8-9,12-14H2,(H,36,41). The number of carbonyl (C=O) groups excluding carboxylic acids is 1. The minimum Gasteiger partial charge on any atom is -0.491 e. The summed E-state index contributed by atoms with van der Waals surface area (Å²) in [7, 11) is 0. The highest BCUT2D eigenvalue weighted by atomic mass is 19.4. The lowest BCUT2D eigenvalue weighted by Crippen LogP contribution is -2.39. The number of carbonyl (C=O) groups is 1. The zero-order chi connectivity index (χ0) is 30.5. The number of nitrogens with one attached hydrogen (secondary N) is 1. The van der Waals surface area contributed by atoms with E-state index in [2.05, 4.69) is 15.3 Å². The monoisotopic (exact) mass is 605 g/mol. The van der Waals surface area contributed by atoms with Gasteiger partial charge >= 0.3 is 12.4 Å². The molecule has 0 fully saturated rings. The van der Waals surface area contributed by atoms with E-state index in [-0.39, 0.29) is 49.9 Å². The van der Waals surface area contributed by atoms with E-state index in [1.54, 1.807) is 36.4 Å². The minimum atomic E-state index is -4.93. The number of aromatic amines is 1. The number of nitrogens with zero attached hydrogens (tertiary/aromatic N) is 6.